The van der Waals surface area contributed by atoms with Crippen LogP contribution in [0.25, 0.3) is 0 Å². The monoisotopic (exact) mass is 389 g/mol. The molecule has 0 bridgehead atoms. The zero-order chi connectivity index (χ0) is 16.9. The molecule has 0 saturated carbocycles. The summed E-state index contributed by atoms with van der Waals surface area (Å²) in [7, 11) is 0. The Hall–Kier alpha value is -0.880. The number of halogens is 3. The molecule has 2 atom stereocenters. The molecule has 0 aliphatic carbocycles. The Labute approximate surface area is 159 Å². The molecular formula is C18H26Cl2FN3O. The molecule has 140 valence electrons. The van der Waals surface area contributed by atoms with Gasteiger partial charge in [0.05, 0.1) is 11.1 Å². The summed E-state index contributed by atoms with van der Waals surface area (Å²) in [6.07, 6.45) is 4.18. The maximum atomic E-state index is 14.1. The Morgan fingerprint density at radius 3 is 2.96 bits per heavy atom. The number of likely N-dealkylation sites (tertiary alicyclic amines) is 1. The van der Waals surface area contributed by atoms with E-state index in [4.69, 9.17) is 11.6 Å². The first-order valence-corrected chi connectivity index (χ1v) is 9.17. The minimum Gasteiger partial charge on any atom is -0.354 e. The van der Waals surface area contributed by atoms with E-state index in [2.05, 4.69) is 15.5 Å². The average molecular weight is 390 g/mol. The van der Waals surface area contributed by atoms with Crippen molar-refractivity contribution >= 4 is 29.9 Å². The van der Waals surface area contributed by atoms with Crippen molar-refractivity contribution in [1.82, 2.24) is 15.5 Å². The van der Waals surface area contributed by atoms with Gasteiger partial charge in [0.2, 0.25) is 5.91 Å². The van der Waals surface area contributed by atoms with Crippen LogP contribution < -0.4 is 10.6 Å². The predicted molar refractivity (Wildman–Crippen MR) is 101 cm³/mol. The molecule has 25 heavy (non-hydrogen) atoms. The van der Waals surface area contributed by atoms with Gasteiger partial charge in [0.25, 0.3) is 0 Å². The first kappa shape index (κ1) is 20.4. The fraction of sp³-hybridized carbons (Fsp3) is 0.611. The van der Waals surface area contributed by atoms with Crippen molar-refractivity contribution in [2.24, 2.45) is 5.92 Å². The van der Waals surface area contributed by atoms with Gasteiger partial charge in [-0.1, -0.05) is 23.7 Å². The Balaban J connectivity index is 0.00000225. The maximum absolute atomic E-state index is 14.1. The Morgan fingerprint density at radius 2 is 2.20 bits per heavy atom. The van der Waals surface area contributed by atoms with Crippen molar-refractivity contribution in [2.45, 2.75) is 38.3 Å². The highest BCUT2D eigenvalue weighted by atomic mass is 35.5. The maximum Gasteiger partial charge on any atom is 0.237 e. The highest BCUT2D eigenvalue weighted by molar-refractivity contribution is 6.30. The lowest BCUT2D eigenvalue weighted by Gasteiger charge is -2.33. The molecule has 0 spiro atoms. The van der Waals surface area contributed by atoms with E-state index in [9.17, 15) is 9.18 Å². The third-order valence-electron chi connectivity index (χ3n) is 4.97. The van der Waals surface area contributed by atoms with Crippen LogP contribution in [0.15, 0.2) is 18.2 Å². The van der Waals surface area contributed by atoms with Crippen molar-refractivity contribution in [3.63, 3.8) is 0 Å². The van der Waals surface area contributed by atoms with E-state index in [1.165, 1.54) is 0 Å². The van der Waals surface area contributed by atoms with Gasteiger partial charge in [-0.15, -0.1) is 12.4 Å². The van der Waals surface area contributed by atoms with Crippen LogP contribution in [-0.2, 0) is 11.3 Å². The fourth-order valence-corrected chi connectivity index (χ4v) is 3.84. The van der Waals surface area contributed by atoms with Crippen molar-refractivity contribution in [2.75, 3.05) is 26.2 Å². The number of nitrogens with zero attached hydrogens (tertiary/aromatic N) is 1. The standard InChI is InChI=1S/C18H25ClFN3O.ClH/c19-15-6-1-5-14(17(15)20)12-23-9-3-4-13(11-23)10-22-18(24)16-7-2-8-21-16;/h1,5-6,13,16,21H,2-4,7-12H2,(H,22,24);1H. The van der Waals surface area contributed by atoms with E-state index in [-0.39, 0.29) is 35.2 Å². The van der Waals surface area contributed by atoms with Crippen LogP contribution in [0.5, 0.6) is 0 Å². The Bertz CT molecular complexity index is 581. The minimum atomic E-state index is -0.318. The number of carbonyl (C=O) groups is 1. The van der Waals surface area contributed by atoms with Crippen LogP contribution in [0.2, 0.25) is 5.02 Å². The van der Waals surface area contributed by atoms with Gasteiger partial charge in [-0.3, -0.25) is 9.69 Å². The van der Waals surface area contributed by atoms with Crippen molar-refractivity contribution in [3.8, 4) is 0 Å². The molecule has 2 N–H and O–H groups in total. The molecule has 0 aromatic heterocycles. The third-order valence-corrected chi connectivity index (χ3v) is 5.26. The summed E-state index contributed by atoms with van der Waals surface area (Å²) in [6, 6.07) is 5.13. The van der Waals surface area contributed by atoms with Gasteiger partial charge in [-0.25, -0.2) is 4.39 Å². The molecule has 2 unspecified atom stereocenters. The molecule has 4 nitrogen and oxygen atoms in total. The van der Waals surface area contributed by atoms with Crippen LogP contribution in [0.3, 0.4) is 0 Å². The van der Waals surface area contributed by atoms with E-state index in [1.54, 1.807) is 18.2 Å². The normalized spacial score (nSPS) is 23.9. The molecule has 2 aliphatic rings. The molecule has 1 amide bonds. The first-order chi connectivity index (χ1) is 11.6. The van der Waals surface area contributed by atoms with E-state index >= 15 is 0 Å². The molecule has 7 heteroatoms. The number of amides is 1. The van der Waals surface area contributed by atoms with Crippen molar-refractivity contribution in [3.05, 3.63) is 34.6 Å². The number of hydrogen-bond donors (Lipinski definition) is 2. The summed E-state index contributed by atoms with van der Waals surface area (Å²) >= 11 is 5.86. The van der Waals surface area contributed by atoms with Crippen LogP contribution in [0.1, 0.15) is 31.2 Å². The number of carbonyl (C=O) groups excluding carboxylic acids is 1. The first-order valence-electron chi connectivity index (χ1n) is 8.80. The molecule has 2 heterocycles. The molecule has 0 radical (unpaired) electrons. The van der Waals surface area contributed by atoms with Crippen LogP contribution >= 0.6 is 24.0 Å². The summed E-state index contributed by atoms with van der Waals surface area (Å²) in [5.74, 6) is 0.221. The van der Waals surface area contributed by atoms with E-state index < -0.39 is 0 Å². The number of nitrogens with one attached hydrogen (secondary N) is 2. The summed E-state index contributed by atoms with van der Waals surface area (Å²) < 4.78 is 14.1. The Kier molecular flexibility index (Phi) is 7.94. The highest BCUT2D eigenvalue weighted by Crippen LogP contribution is 2.22. The minimum absolute atomic E-state index is 0. The van der Waals surface area contributed by atoms with E-state index in [0.29, 0.717) is 24.6 Å². The average Bonchev–Trinajstić information content (AvgIpc) is 3.12. The zero-order valence-corrected chi connectivity index (χ0v) is 15.8. The van der Waals surface area contributed by atoms with Gasteiger partial charge in [0.1, 0.15) is 5.82 Å². The topological polar surface area (TPSA) is 44.4 Å². The smallest absolute Gasteiger partial charge is 0.237 e. The second-order valence-corrected chi connectivity index (χ2v) is 7.26. The lowest BCUT2D eigenvalue weighted by Crippen LogP contribution is -2.45. The van der Waals surface area contributed by atoms with Crippen LogP contribution in [0.4, 0.5) is 4.39 Å². The number of benzene rings is 1. The lowest BCUT2D eigenvalue weighted by molar-refractivity contribution is -0.123. The largest absolute Gasteiger partial charge is 0.354 e. The van der Waals surface area contributed by atoms with Gasteiger partial charge in [-0.2, -0.15) is 0 Å². The van der Waals surface area contributed by atoms with Gasteiger partial charge in [0.15, 0.2) is 0 Å². The van der Waals surface area contributed by atoms with Crippen LogP contribution in [-0.4, -0.2) is 43.0 Å². The molecule has 2 fully saturated rings. The number of piperidine rings is 1. The molecule has 2 aliphatic heterocycles. The summed E-state index contributed by atoms with van der Waals surface area (Å²) in [6.45, 7) is 4.04. The third kappa shape index (κ3) is 5.55. The van der Waals surface area contributed by atoms with Gasteiger partial charge >= 0.3 is 0 Å². The van der Waals surface area contributed by atoms with E-state index in [0.717, 1.165) is 45.3 Å². The van der Waals surface area contributed by atoms with Gasteiger partial charge in [-0.05, 0) is 50.8 Å². The van der Waals surface area contributed by atoms with Crippen molar-refractivity contribution < 1.29 is 9.18 Å². The molecular weight excluding hydrogens is 364 g/mol. The van der Waals surface area contributed by atoms with E-state index in [1.807, 2.05) is 0 Å². The predicted octanol–water partition coefficient (Wildman–Crippen LogP) is 2.98. The SMILES string of the molecule is Cl.O=C(NCC1CCCN(Cc2cccc(Cl)c2F)C1)C1CCCN1. The summed E-state index contributed by atoms with van der Waals surface area (Å²) in [5, 5.41) is 6.47. The number of rotatable bonds is 5. The molecule has 1 aromatic carbocycles. The second kappa shape index (κ2) is 9.72. The van der Waals surface area contributed by atoms with Gasteiger partial charge in [0, 0.05) is 25.2 Å². The number of hydrogen-bond acceptors (Lipinski definition) is 3. The van der Waals surface area contributed by atoms with Gasteiger partial charge < -0.3 is 10.6 Å². The zero-order valence-electron chi connectivity index (χ0n) is 14.3. The van der Waals surface area contributed by atoms with Crippen molar-refractivity contribution in [1.29, 1.82) is 0 Å². The second-order valence-electron chi connectivity index (χ2n) is 6.85. The quantitative estimate of drug-likeness (QED) is 0.813. The molecule has 2 saturated heterocycles. The molecule has 3 rings (SSSR count). The lowest BCUT2D eigenvalue weighted by atomic mass is 9.97. The highest BCUT2D eigenvalue weighted by Gasteiger charge is 2.25. The fourth-order valence-electron chi connectivity index (χ4n) is 3.65. The van der Waals surface area contributed by atoms with Crippen LogP contribution in [0, 0.1) is 11.7 Å². The molecule has 1 aromatic rings. The summed E-state index contributed by atoms with van der Waals surface area (Å²) in [5.41, 5.74) is 0.641. The summed E-state index contributed by atoms with van der Waals surface area (Å²) in [4.78, 5) is 14.3. The Morgan fingerprint density at radius 1 is 1.36 bits per heavy atom.